The zero-order chi connectivity index (χ0) is 17.9. The molecule has 1 N–H and O–H groups in total. The van der Waals surface area contributed by atoms with E-state index in [1.54, 1.807) is 30.2 Å². The fourth-order valence-corrected chi connectivity index (χ4v) is 4.67. The summed E-state index contributed by atoms with van der Waals surface area (Å²) >= 11 is 4.92. The number of anilines is 2. The van der Waals surface area contributed by atoms with E-state index in [1.807, 2.05) is 24.3 Å². The van der Waals surface area contributed by atoms with Crippen molar-refractivity contribution < 1.29 is 4.74 Å². The number of nitrogens with one attached hydrogen (secondary N) is 1. The van der Waals surface area contributed by atoms with Crippen molar-refractivity contribution in [1.82, 2.24) is 15.2 Å². The number of ether oxygens (including phenoxy) is 1. The van der Waals surface area contributed by atoms with Crippen molar-refractivity contribution in [2.75, 3.05) is 12.4 Å². The first kappa shape index (κ1) is 18.2. The number of benzene rings is 1. The molecular formula is C17H20N4OS3. The normalized spacial score (nSPS) is 11.5. The highest BCUT2D eigenvalue weighted by Crippen LogP contribution is 2.32. The van der Waals surface area contributed by atoms with Gasteiger partial charge in [-0.15, -0.1) is 21.5 Å². The van der Waals surface area contributed by atoms with Crippen LogP contribution in [0.5, 0.6) is 5.75 Å². The molecule has 0 spiro atoms. The average Bonchev–Trinajstić information content (AvgIpc) is 3.22. The molecule has 0 aliphatic heterocycles. The van der Waals surface area contributed by atoms with E-state index in [0.717, 1.165) is 32.4 Å². The largest absolute Gasteiger partial charge is 0.497 e. The van der Waals surface area contributed by atoms with E-state index in [0.29, 0.717) is 0 Å². The van der Waals surface area contributed by atoms with Crippen LogP contribution in [0.2, 0.25) is 0 Å². The van der Waals surface area contributed by atoms with Crippen LogP contribution in [-0.2, 0) is 11.2 Å². The van der Waals surface area contributed by atoms with Crippen molar-refractivity contribution in [3.05, 3.63) is 40.3 Å². The summed E-state index contributed by atoms with van der Waals surface area (Å²) < 4.78 is 6.15. The first-order valence-corrected chi connectivity index (χ1v) is 10.4. The third-order valence-electron chi connectivity index (χ3n) is 3.26. The highest BCUT2D eigenvalue weighted by Gasteiger charge is 2.18. The van der Waals surface area contributed by atoms with Gasteiger partial charge in [0.2, 0.25) is 5.13 Å². The average molecular weight is 393 g/mol. The molecule has 132 valence electrons. The first-order chi connectivity index (χ1) is 11.9. The summed E-state index contributed by atoms with van der Waals surface area (Å²) in [4.78, 5) is 4.71. The molecule has 0 aliphatic carbocycles. The molecule has 0 atom stereocenters. The molecule has 2 aromatic heterocycles. The third kappa shape index (κ3) is 4.93. The summed E-state index contributed by atoms with van der Waals surface area (Å²) in [6.45, 7) is 6.55. The van der Waals surface area contributed by atoms with Gasteiger partial charge in [0, 0.05) is 28.3 Å². The van der Waals surface area contributed by atoms with E-state index < -0.39 is 0 Å². The van der Waals surface area contributed by atoms with Crippen LogP contribution in [0.1, 0.15) is 31.5 Å². The van der Waals surface area contributed by atoms with Crippen molar-refractivity contribution in [2.45, 2.75) is 36.3 Å². The molecule has 1 aromatic carbocycles. The molecule has 3 aromatic rings. The molecule has 3 rings (SSSR count). The van der Waals surface area contributed by atoms with Gasteiger partial charge in [-0.3, -0.25) is 0 Å². The molecule has 5 nitrogen and oxygen atoms in total. The predicted molar refractivity (Wildman–Crippen MR) is 107 cm³/mol. The third-order valence-corrected chi connectivity index (χ3v) is 6.59. The topological polar surface area (TPSA) is 59.9 Å². The Morgan fingerprint density at radius 1 is 1.24 bits per heavy atom. The molecule has 0 aliphatic rings. The van der Waals surface area contributed by atoms with Crippen LogP contribution in [-0.4, -0.2) is 22.3 Å². The predicted octanol–water partition coefficient (Wildman–Crippen LogP) is 5.34. The maximum atomic E-state index is 5.23. The quantitative estimate of drug-likeness (QED) is 0.572. The van der Waals surface area contributed by atoms with Gasteiger partial charge in [-0.1, -0.05) is 49.9 Å². The Balaban J connectivity index is 1.59. The lowest BCUT2D eigenvalue weighted by atomic mass is 9.98. The summed E-state index contributed by atoms with van der Waals surface area (Å²) in [5.41, 5.74) is 2.13. The Kier molecular flexibility index (Phi) is 5.61. The maximum Gasteiger partial charge on any atom is 0.210 e. The first-order valence-electron chi connectivity index (χ1n) is 7.76. The Morgan fingerprint density at radius 3 is 2.80 bits per heavy atom. The number of aromatic nitrogens is 3. The molecular weight excluding hydrogens is 372 g/mol. The Morgan fingerprint density at radius 2 is 2.08 bits per heavy atom. The van der Waals surface area contributed by atoms with Crippen molar-refractivity contribution in [2.24, 2.45) is 0 Å². The van der Waals surface area contributed by atoms with Gasteiger partial charge in [0.1, 0.15) is 5.75 Å². The lowest BCUT2D eigenvalue weighted by Gasteiger charge is -2.13. The lowest BCUT2D eigenvalue weighted by molar-refractivity contribution is 0.415. The molecule has 0 amide bonds. The van der Waals surface area contributed by atoms with Gasteiger partial charge in [-0.2, -0.15) is 0 Å². The highest BCUT2D eigenvalue weighted by molar-refractivity contribution is 8.00. The van der Waals surface area contributed by atoms with Crippen LogP contribution in [0.4, 0.5) is 10.8 Å². The number of nitrogens with zero attached hydrogens (tertiary/aromatic N) is 3. The minimum atomic E-state index is 0.101. The molecule has 8 heteroatoms. The molecule has 0 fully saturated rings. The van der Waals surface area contributed by atoms with Gasteiger partial charge >= 0.3 is 0 Å². The smallest absolute Gasteiger partial charge is 0.210 e. The number of thiazole rings is 1. The van der Waals surface area contributed by atoms with E-state index in [9.17, 15) is 0 Å². The number of thioether (sulfide) groups is 1. The number of methoxy groups -OCH3 is 1. The van der Waals surface area contributed by atoms with Crippen LogP contribution in [0.25, 0.3) is 0 Å². The minimum Gasteiger partial charge on any atom is -0.497 e. The van der Waals surface area contributed by atoms with Gasteiger partial charge in [0.15, 0.2) is 4.34 Å². The van der Waals surface area contributed by atoms with E-state index in [2.05, 4.69) is 41.7 Å². The standard InChI is InChI=1S/C17H20N4OS3/c1-17(2,3)14-18-12(9-23-14)10-24-16-21-20-15(25-16)19-11-6-5-7-13(8-11)22-4/h5-9H,10H2,1-4H3,(H,19,20). The highest BCUT2D eigenvalue weighted by atomic mass is 32.2. The van der Waals surface area contributed by atoms with Crippen LogP contribution < -0.4 is 10.1 Å². The van der Waals surface area contributed by atoms with E-state index >= 15 is 0 Å². The Labute approximate surface area is 159 Å². The summed E-state index contributed by atoms with van der Waals surface area (Å²) in [6.07, 6.45) is 0. The fraction of sp³-hybridized carbons (Fsp3) is 0.353. The molecule has 0 bridgehead atoms. The molecule has 0 radical (unpaired) electrons. The summed E-state index contributed by atoms with van der Waals surface area (Å²) in [5.74, 6) is 1.61. The van der Waals surface area contributed by atoms with Crippen LogP contribution in [0.3, 0.4) is 0 Å². The second kappa shape index (κ2) is 7.72. The molecule has 0 unspecified atom stereocenters. The zero-order valence-electron chi connectivity index (χ0n) is 14.6. The molecule has 0 saturated heterocycles. The minimum absolute atomic E-state index is 0.101. The van der Waals surface area contributed by atoms with E-state index in [4.69, 9.17) is 9.72 Å². The van der Waals surface area contributed by atoms with Crippen LogP contribution in [0.15, 0.2) is 34.0 Å². The van der Waals surface area contributed by atoms with Gasteiger partial charge in [0.25, 0.3) is 0 Å². The summed E-state index contributed by atoms with van der Waals surface area (Å²) in [5, 5.41) is 15.8. The number of rotatable bonds is 6. The van der Waals surface area contributed by atoms with Crippen molar-refractivity contribution in [3.63, 3.8) is 0 Å². The molecule has 2 heterocycles. The summed E-state index contributed by atoms with van der Waals surface area (Å²) in [7, 11) is 1.66. The maximum absolute atomic E-state index is 5.23. The Hall–Kier alpha value is -1.64. The van der Waals surface area contributed by atoms with Gasteiger partial charge in [0.05, 0.1) is 17.8 Å². The van der Waals surface area contributed by atoms with Crippen LogP contribution in [0, 0.1) is 0 Å². The fourth-order valence-electron chi connectivity index (χ4n) is 2.00. The summed E-state index contributed by atoms with van der Waals surface area (Å²) in [6, 6.07) is 7.75. The monoisotopic (exact) mass is 392 g/mol. The van der Waals surface area contributed by atoms with Crippen LogP contribution >= 0.6 is 34.4 Å². The SMILES string of the molecule is COc1cccc(Nc2nnc(SCc3csc(C(C)(C)C)n3)s2)c1. The van der Waals surface area contributed by atoms with Crippen molar-refractivity contribution in [3.8, 4) is 5.75 Å². The second-order valence-corrected chi connectivity index (χ2v) is 9.47. The lowest BCUT2D eigenvalue weighted by Crippen LogP contribution is -2.10. The zero-order valence-corrected chi connectivity index (χ0v) is 17.0. The van der Waals surface area contributed by atoms with Crippen molar-refractivity contribution in [1.29, 1.82) is 0 Å². The van der Waals surface area contributed by atoms with Gasteiger partial charge in [-0.05, 0) is 12.1 Å². The number of hydrogen-bond acceptors (Lipinski definition) is 8. The van der Waals surface area contributed by atoms with Gasteiger partial charge in [-0.25, -0.2) is 4.98 Å². The molecule has 25 heavy (non-hydrogen) atoms. The second-order valence-electron chi connectivity index (χ2n) is 6.41. The Bertz CT molecular complexity index is 838. The van der Waals surface area contributed by atoms with Crippen molar-refractivity contribution >= 4 is 45.3 Å². The molecule has 0 saturated carbocycles. The van der Waals surface area contributed by atoms with E-state index in [1.165, 1.54) is 16.3 Å². The van der Waals surface area contributed by atoms with Gasteiger partial charge < -0.3 is 10.1 Å². The number of hydrogen-bond donors (Lipinski definition) is 1. The van der Waals surface area contributed by atoms with E-state index in [-0.39, 0.29) is 5.41 Å².